The number of hydrogen-bond acceptors (Lipinski definition) is 3. The van der Waals surface area contributed by atoms with E-state index in [1.807, 2.05) is 18.2 Å². The second kappa shape index (κ2) is 6.58. The lowest BCUT2D eigenvalue weighted by Gasteiger charge is -2.23. The molecule has 4 nitrogen and oxygen atoms in total. The van der Waals surface area contributed by atoms with Crippen molar-refractivity contribution >= 4 is 5.91 Å². The average molecular weight is 287 g/mol. The van der Waals surface area contributed by atoms with E-state index in [1.165, 1.54) is 31.7 Å². The third-order valence-corrected chi connectivity index (χ3v) is 4.78. The fourth-order valence-electron chi connectivity index (χ4n) is 3.70. The highest BCUT2D eigenvalue weighted by Gasteiger charge is 2.35. The number of carbonyl (C=O) groups excluding carboxylic acids is 1. The molecule has 114 valence electrons. The molecule has 1 amide bonds. The van der Waals surface area contributed by atoms with Gasteiger partial charge in [-0.2, -0.15) is 0 Å². The van der Waals surface area contributed by atoms with Gasteiger partial charge in [-0.25, -0.2) is 0 Å². The first-order valence-corrected chi connectivity index (χ1v) is 7.97. The van der Waals surface area contributed by atoms with Crippen molar-refractivity contribution in [1.82, 2.24) is 15.5 Å². The SMILES string of the molecule is CC(=O)N[C@H](CCN1CC2CNCC2C1)c1ccccc1. The predicted molar refractivity (Wildman–Crippen MR) is 83.9 cm³/mol. The molecule has 2 saturated heterocycles. The number of carbonyl (C=O) groups is 1. The zero-order chi connectivity index (χ0) is 14.7. The summed E-state index contributed by atoms with van der Waals surface area (Å²) in [6.45, 7) is 7.43. The number of rotatable bonds is 5. The zero-order valence-corrected chi connectivity index (χ0v) is 12.7. The Morgan fingerprint density at radius 3 is 2.57 bits per heavy atom. The third-order valence-electron chi connectivity index (χ3n) is 4.78. The summed E-state index contributed by atoms with van der Waals surface area (Å²) in [4.78, 5) is 14.0. The largest absolute Gasteiger partial charge is 0.349 e. The van der Waals surface area contributed by atoms with Crippen molar-refractivity contribution in [2.75, 3.05) is 32.7 Å². The highest BCUT2D eigenvalue weighted by atomic mass is 16.1. The molecule has 2 N–H and O–H groups in total. The van der Waals surface area contributed by atoms with Crippen molar-refractivity contribution in [1.29, 1.82) is 0 Å². The van der Waals surface area contributed by atoms with E-state index in [1.54, 1.807) is 6.92 Å². The van der Waals surface area contributed by atoms with Crippen LogP contribution in [0.25, 0.3) is 0 Å². The molecule has 2 fully saturated rings. The minimum absolute atomic E-state index is 0.0475. The first-order chi connectivity index (χ1) is 10.2. The Bertz CT molecular complexity index is 464. The molecule has 0 radical (unpaired) electrons. The lowest BCUT2D eigenvalue weighted by Crippen LogP contribution is -2.32. The molecule has 0 aliphatic carbocycles. The summed E-state index contributed by atoms with van der Waals surface area (Å²) < 4.78 is 0. The maximum absolute atomic E-state index is 11.5. The average Bonchev–Trinajstić information content (AvgIpc) is 3.05. The van der Waals surface area contributed by atoms with Crippen LogP contribution in [0.1, 0.15) is 24.9 Å². The quantitative estimate of drug-likeness (QED) is 0.860. The van der Waals surface area contributed by atoms with E-state index in [0.29, 0.717) is 0 Å². The van der Waals surface area contributed by atoms with Gasteiger partial charge in [0.1, 0.15) is 0 Å². The second-order valence-corrected chi connectivity index (χ2v) is 6.39. The predicted octanol–water partition coefficient (Wildman–Crippen LogP) is 1.41. The minimum atomic E-state index is 0.0475. The Hall–Kier alpha value is -1.39. The Kier molecular flexibility index (Phi) is 4.56. The summed E-state index contributed by atoms with van der Waals surface area (Å²) in [5.41, 5.74) is 1.20. The van der Waals surface area contributed by atoms with Crippen molar-refractivity contribution in [2.24, 2.45) is 11.8 Å². The maximum Gasteiger partial charge on any atom is 0.217 e. The van der Waals surface area contributed by atoms with Gasteiger partial charge in [0.15, 0.2) is 0 Å². The molecule has 2 aliphatic rings. The van der Waals surface area contributed by atoms with Gasteiger partial charge in [-0.05, 0) is 36.9 Å². The van der Waals surface area contributed by atoms with Gasteiger partial charge >= 0.3 is 0 Å². The van der Waals surface area contributed by atoms with Gasteiger partial charge in [0.25, 0.3) is 0 Å². The van der Waals surface area contributed by atoms with E-state index < -0.39 is 0 Å². The van der Waals surface area contributed by atoms with Crippen molar-refractivity contribution in [3.05, 3.63) is 35.9 Å². The molecule has 0 saturated carbocycles. The fraction of sp³-hybridized carbons (Fsp3) is 0.588. The summed E-state index contributed by atoms with van der Waals surface area (Å²) in [6, 6.07) is 10.4. The normalized spacial score (nSPS) is 26.5. The van der Waals surface area contributed by atoms with Crippen LogP contribution in [-0.2, 0) is 4.79 Å². The molecule has 2 unspecified atom stereocenters. The van der Waals surface area contributed by atoms with Gasteiger partial charge in [-0.1, -0.05) is 30.3 Å². The molecule has 2 heterocycles. The summed E-state index contributed by atoms with van der Waals surface area (Å²) in [5, 5.41) is 6.57. The van der Waals surface area contributed by atoms with Gasteiger partial charge in [0.2, 0.25) is 5.91 Å². The van der Waals surface area contributed by atoms with Gasteiger partial charge in [-0.3, -0.25) is 4.79 Å². The van der Waals surface area contributed by atoms with Crippen LogP contribution < -0.4 is 10.6 Å². The van der Waals surface area contributed by atoms with Crippen molar-refractivity contribution in [2.45, 2.75) is 19.4 Å². The van der Waals surface area contributed by atoms with E-state index in [9.17, 15) is 4.79 Å². The van der Waals surface area contributed by atoms with Crippen LogP contribution in [0.15, 0.2) is 30.3 Å². The summed E-state index contributed by atoms with van der Waals surface area (Å²) in [6.07, 6.45) is 0.983. The number of fused-ring (bicyclic) bond motifs is 1. The second-order valence-electron chi connectivity index (χ2n) is 6.39. The highest BCUT2D eigenvalue weighted by Crippen LogP contribution is 2.27. The number of likely N-dealkylation sites (tertiary alicyclic amines) is 1. The van der Waals surface area contributed by atoms with Crippen LogP contribution in [0, 0.1) is 11.8 Å². The van der Waals surface area contributed by atoms with Crippen LogP contribution in [0.5, 0.6) is 0 Å². The maximum atomic E-state index is 11.5. The molecular formula is C17H25N3O. The first-order valence-electron chi connectivity index (χ1n) is 7.97. The number of amides is 1. The molecule has 2 aliphatic heterocycles. The lowest BCUT2D eigenvalue weighted by molar-refractivity contribution is -0.119. The van der Waals surface area contributed by atoms with E-state index >= 15 is 0 Å². The number of benzene rings is 1. The monoisotopic (exact) mass is 287 g/mol. The van der Waals surface area contributed by atoms with Gasteiger partial charge < -0.3 is 15.5 Å². The van der Waals surface area contributed by atoms with Crippen LogP contribution in [0.3, 0.4) is 0 Å². The molecule has 0 aromatic heterocycles. The van der Waals surface area contributed by atoms with Gasteiger partial charge in [0, 0.05) is 26.6 Å². The van der Waals surface area contributed by atoms with E-state index in [2.05, 4.69) is 27.7 Å². The molecular weight excluding hydrogens is 262 g/mol. The summed E-state index contributed by atoms with van der Waals surface area (Å²) >= 11 is 0. The molecule has 3 atom stereocenters. The highest BCUT2D eigenvalue weighted by molar-refractivity contribution is 5.73. The number of nitrogens with zero attached hydrogens (tertiary/aromatic N) is 1. The Labute approximate surface area is 126 Å². The number of hydrogen-bond donors (Lipinski definition) is 2. The Morgan fingerprint density at radius 2 is 1.95 bits per heavy atom. The molecule has 1 aromatic carbocycles. The number of nitrogens with one attached hydrogen (secondary N) is 2. The minimum Gasteiger partial charge on any atom is -0.349 e. The molecule has 3 rings (SSSR count). The van der Waals surface area contributed by atoms with Crippen molar-refractivity contribution in [3.63, 3.8) is 0 Å². The molecule has 21 heavy (non-hydrogen) atoms. The Balaban J connectivity index is 1.56. The molecule has 1 aromatic rings. The standard InChI is InChI=1S/C17H25N3O/c1-13(21)19-17(14-5-3-2-4-6-14)7-8-20-11-15-9-18-10-16(15)12-20/h2-6,15-18H,7-12H2,1H3,(H,19,21)/t15?,16?,17-/m1/s1. The lowest BCUT2D eigenvalue weighted by atomic mass is 10.0. The summed E-state index contributed by atoms with van der Waals surface area (Å²) in [7, 11) is 0. The van der Waals surface area contributed by atoms with Gasteiger partial charge in [-0.15, -0.1) is 0 Å². The molecule has 4 heteroatoms. The van der Waals surface area contributed by atoms with E-state index in [4.69, 9.17) is 0 Å². The molecule has 0 spiro atoms. The zero-order valence-electron chi connectivity index (χ0n) is 12.7. The first kappa shape index (κ1) is 14.5. The van der Waals surface area contributed by atoms with Crippen LogP contribution >= 0.6 is 0 Å². The van der Waals surface area contributed by atoms with Crippen LogP contribution in [0.4, 0.5) is 0 Å². The Morgan fingerprint density at radius 1 is 1.29 bits per heavy atom. The molecule has 0 bridgehead atoms. The van der Waals surface area contributed by atoms with E-state index in [0.717, 1.165) is 24.8 Å². The van der Waals surface area contributed by atoms with Gasteiger partial charge in [0.05, 0.1) is 6.04 Å². The van der Waals surface area contributed by atoms with Crippen LogP contribution in [-0.4, -0.2) is 43.5 Å². The van der Waals surface area contributed by atoms with Crippen molar-refractivity contribution < 1.29 is 4.79 Å². The van der Waals surface area contributed by atoms with Crippen molar-refractivity contribution in [3.8, 4) is 0 Å². The van der Waals surface area contributed by atoms with Crippen LogP contribution in [0.2, 0.25) is 0 Å². The smallest absolute Gasteiger partial charge is 0.217 e. The summed E-state index contributed by atoms with van der Waals surface area (Å²) in [5.74, 6) is 1.72. The fourth-order valence-corrected chi connectivity index (χ4v) is 3.70. The van der Waals surface area contributed by atoms with E-state index in [-0.39, 0.29) is 11.9 Å². The topological polar surface area (TPSA) is 44.4 Å². The third kappa shape index (κ3) is 3.63.